The average molecular weight is 592 g/mol. The Kier molecular flexibility index (Phi) is 8.98. The van der Waals surface area contributed by atoms with Crippen molar-refractivity contribution < 1.29 is 61.4 Å². The Morgan fingerprint density at radius 2 is 1.61 bits per heavy atom. The number of ether oxygens (including phenoxy) is 1. The van der Waals surface area contributed by atoms with Crippen molar-refractivity contribution in [2.75, 3.05) is 6.61 Å². The number of aliphatic hydroxyl groups is 2. The molecule has 200 valence electrons. The van der Waals surface area contributed by atoms with Gasteiger partial charge in [-0.3, -0.25) is 18.9 Å². The second-order valence-corrected chi connectivity index (χ2v) is 12.5. The number of benzene rings is 1. The van der Waals surface area contributed by atoms with E-state index in [1.165, 1.54) is 0 Å². The highest BCUT2D eigenvalue weighted by atomic mass is 32.2. The van der Waals surface area contributed by atoms with Gasteiger partial charge >= 0.3 is 29.2 Å². The minimum atomic E-state index is -5.77. The van der Waals surface area contributed by atoms with Gasteiger partial charge in [0.1, 0.15) is 18.3 Å². The fourth-order valence-corrected chi connectivity index (χ4v) is 6.98. The zero-order chi connectivity index (χ0) is 26.9. The number of phosphoric acid groups is 3. The minimum Gasteiger partial charge on any atom is -0.387 e. The number of H-pyrrole nitrogens is 1. The van der Waals surface area contributed by atoms with Gasteiger partial charge in [0.15, 0.2) is 6.23 Å². The molecule has 0 bridgehead atoms. The predicted molar refractivity (Wildman–Crippen MR) is 118 cm³/mol. The van der Waals surface area contributed by atoms with Crippen LogP contribution in [0.15, 0.2) is 55.9 Å². The first-order valence-electron chi connectivity index (χ1n) is 9.46. The van der Waals surface area contributed by atoms with E-state index in [1.807, 2.05) is 4.98 Å². The normalized spacial score (nSPS) is 25.8. The second-order valence-electron chi connectivity index (χ2n) is 7.00. The lowest BCUT2D eigenvalue weighted by molar-refractivity contribution is -0.0582. The summed E-state index contributed by atoms with van der Waals surface area (Å²) in [4.78, 5) is 62.8. The van der Waals surface area contributed by atoms with Crippen LogP contribution >= 0.6 is 35.2 Å². The molecule has 3 rings (SSSR count). The standard InChI is InChI=1S/C15H19N2O15P3S/c18-10-6-11(36-8-4-2-1-3-5-8)17(15(21)16-10)14-13(20)12(19)9(30-14)7-29-34(25,26)32-35(27,28)31-33(22,23)24/h1-6,9,12-14,19-20H,7H2,(H,25,26)(H,27,28)(H,16,18,21)(H2,22,23,24)/t9-,12-,13-,14-/m1/s1. The van der Waals surface area contributed by atoms with E-state index in [9.17, 15) is 43.3 Å². The summed E-state index contributed by atoms with van der Waals surface area (Å²) in [5.74, 6) is 0. The molecular weight excluding hydrogens is 573 g/mol. The molecule has 7 N–H and O–H groups in total. The van der Waals surface area contributed by atoms with Gasteiger partial charge in [-0.1, -0.05) is 30.0 Å². The molecule has 2 aromatic rings. The highest BCUT2D eigenvalue weighted by Gasteiger charge is 2.47. The van der Waals surface area contributed by atoms with Crippen LogP contribution in [0.4, 0.5) is 0 Å². The average Bonchev–Trinajstić information content (AvgIpc) is 2.98. The van der Waals surface area contributed by atoms with Crippen molar-refractivity contribution >= 4 is 35.2 Å². The highest BCUT2D eigenvalue weighted by molar-refractivity contribution is 7.99. The van der Waals surface area contributed by atoms with Crippen molar-refractivity contribution in [3.8, 4) is 0 Å². The van der Waals surface area contributed by atoms with E-state index in [0.29, 0.717) is 4.90 Å². The van der Waals surface area contributed by atoms with E-state index >= 15 is 0 Å². The summed E-state index contributed by atoms with van der Waals surface area (Å²) in [6.45, 7) is -1.07. The van der Waals surface area contributed by atoms with Crippen LogP contribution in [-0.2, 0) is 31.6 Å². The van der Waals surface area contributed by atoms with Gasteiger partial charge in [-0.15, -0.1) is 0 Å². The van der Waals surface area contributed by atoms with Crippen molar-refractivity contribution in [2.45, 2.75) is 34.5 Å². The summed E-state index contributed by atoms with van der Waals surface area (Å²) in [6, 6.07) is 9.51. The molecule has 1 fully saturated rings. The monoisotopic (exact) mass is 592 g/mol. The molecule has 0 amide bonds. The molecule has 1 aromatic heterocycles. The van der Waals surface area contributed by atoms with Crippen LogP contribution < -0.4 is 11.2 Å². The topological polar surface area (TPSA) is 264 Å². The number of aromatic nitrogens is 2. The number of hydrogen-bond acceptors (Lipinski definition) is 12. The largest absolute Gasteiger partial charge is 0.490 e. The SMILES string of the molecule is O=c1cc(Sc2ccccc2)n([C@@H]2O[C@H](COP(=O)(O)OP(=O)(O)OP(=O)(O)O)[C@@H](O)[C@H]2O)c(=O)[nH]1. The van der Waals surface area contributed by atoms with Crippen LogP contribution in [0, 0.1) is 0 Å². The molecule has 0 aliphatic carbocycles. The molecule has 1 aromatic carbocycles. The molecule has 21 heteroatoms. The third kappa shape index (κ3) is 7.77. The molecule has 0 saturated carbocycles. The summed E-state index contributed by atoms with van der Waals surface area (Å²) in [5.41, 5.74) is -1.77. The number of aromatic amines is 1. The molecule has 1 saturated heterocycles. The Bertz CT molecular complexity index is 1340. The molecule has 0 spiro atoms. The Balaban J connectivity index is 1.78. The van der Waals surface area contributed by atoms with Gasteiger partial charge in [0.2, 0.25) is 0 Å². The Hall–Kier alpha value is -1.46. The van der Waals surface area contributed by atoms with Gasteiger partial charge in [0.05, 0.1) is 11.6 Å². The number of phosphoric ester groups is 1. The first kappa shape index (κ1) is 29.1. The Morgan fingerprint density at radius 1 is 0.972 bits per heavy atom. The quantitative estimate of drug-likeness (QED) is 0.137. The summed E-state index contributed by atoms with van der Waals surface area (Å²) < 4.78 is 51.8. The summed E-state index contributed by atoms with van der Waals surface area (Å²) >= 11 is 0.960. The maximum absolute atomic E-state index is 12.5. The van der Waals surface area contributed by atoms with Crippen LogP contribution in [-0.4, -0.2) is 64.3 Å². The fourth-order valence-electron chi connectivity index (χ4n) is 2.96. The molecule has 1 aliphatic heterocycles. The Morgan fingerprint density at radius 3 is 2.22 bits per heavy atom. The zero-order valence-corrected chi connectivity index (χ0v) is 21.0. The second kappa shape index (κ2) is 11.1. The third-order valence-electron chi connectivity index (χ3n) is 4.32. The zero-order valence-electron chi connectivity index (χ0n) is 17.5. The maximum Gasteiger partial charge on any atom is 0.490 e. The lowest BCUT2D eigenvalue weighted by Gasteiger charge is -2.21. The van der Waals surface area contributed by atoms with Gasteiger partial charge in [-0.2, -0.15) is 8.62 Å². The van der Waals surface area contributed by atoms with Gasteiger partial charge in [0, 0.05) is 11.0 Å². The van der Waals surface area contributed by atoms with Crippen molar-refractivity contribution in [2.24, 2.45) is 0 Å². The van der Waals surface area contributed by atoms with Gasteiger partial charge in [0.25, 0.3) is 5.56 Å². The van der Waals surface area contributed by atoms with Gasteiger partial charge in [-0.25, -0.2) is 18.5 Å². The van der Waals surface area contributed by atoms with E-state index in [-0.39, 0.29) is 5.03 Å². The fraction of sp³-hybridized carbons (Fsp3) is 0.333. The predicted octanol–water partition coefficient (Wildman–Crippen LogP) is -0.350. The van der Waals surface area contributed by atoms with E-state index in [4.69, 9.17) is 14.5 Å². The van der Waals surface area contributed by atoms with Crippen molar-refractivity contribution in [1.82, 2.24) is 9.55 Å². The number of hydrogen-bond donors (Lipinski definition) is 7. The van der Waals surface area contributed by atoms with Crippen LogP contribution in [0.5, 0.6) is 0 Å². The first-order valence-corrected chi connectivity index (χ1v) is 14.8. The van der Waals surface area contributed by atoms with Crippen molar-refractivity contribution in [3.05, 3.63) is 57.2 Å². The summed E-state index contributed by atoms with van der Waals surface area (Å²) in [6.07, 6.45) is -6.90. The number of rotatable bonds is 10. The minimum absolute atomic E-state index is 0.0136. The first-order chi connectivity index (χ1) is 16.6. The number of nitrogens with zero attached hydrogens (tertiary/aromatic N) is 1. The highest BCUT2D eigenvalue weighted by Crippen LogP contribution is 2.66. The third-order valence-corrected chi connectivity index (χ3v) is 9.15. The van der Waals surface area contributed by atoms with E-state index in [1.54, 1.807) is 30.3 Å². The van der Waals surface area contributed by atoms with Gasteiger partial charge in [-0.05, 0) is 12.1 Å². The molecule has 2 heterocycles. The molecule has 1 aliphatic rings. The van der Waals surface area contributed by atoms with Crippen molar-refractivity contribution in [1.29, 1.82) is 0 Å². The maximum atomic E-state index is 12.5. The Labute approximate surface area is 204 Å². The van der Waals surface area contributed by atoms with E-state index < -0.39 is 65.9 Å². The molecular formula is C15H19N2O15P3S. The summed E-state index contributed by atoms with van der Waals surface area (Å²) in [5, 5.41) is 20.8. The number of aliphatic hydroxyl groups excluding tert-OH is 2. The van der Waals surface area contributed by atoms with Gasteiger partial charge < -0.3 is 34.5 Å². The lowest BCUT2D eigenvalue weighted by Crippen LogP contribution is -2.38. The molecule has 6 atom stereocenters. The van der Waals surface area contributed by atoms with Crippen LogP contribution in [0.2, 0.25) is 0 Å². The van der Waals surface area contributed by atoms with Crippen molar-refractivity contribution in [3.63, 3.8) is 0 Å². The van der Waals surface area contributed by atoms with Crippen LogP contribution in [0.3, 0.4) is 0 Å². The lowest BCUT2D eigenvalue weighted by atomic mass is 10.1. The summed E-state index contributed by atoms with van der Waals surface area (Å²) in [7, 11) is -16.9. The number of nitrogens with one attached hydrogen (secondary N) is 1. The molecule has 2 unspecified atom stereocenters. The van der Waals surface area contributed by atoms with E-state index in [0.717, 1.165) is 22.4 Å². The molecule has 0 radical (unpaired) electrons. The molecule has 17 nitrogen and oxygen atoms in total. The van der Waals surface area contributed by atoms with Crippen LogP contribution in [0.1, 0.15) is 6.23 Å². The van der Waals surface area contributed by atoms with Crippen LogP contribution in [0.25, 0.3) is 0 Å². The smallest absolute Gasteiger partial charge is 0.387 e. The molecule has 36 heavy (non-hydrogen) atoms. The van der Waals surface area contributed by atoms with E-state index in [2.05, 4.69) is 13.1 Å².